The van der Waals surface area contributed by atoms with E-state index in [1.54, 1.807) is 11.0 Å². The number of rotatable bonds is 5. The molecular weight excluding hydrogens is 250 g/mol. The molecule has 0 aromatic heterocycles. The first-order valence-corrected chi connectivity index (χ1v) is 5.86. The number of aromatic carboxylic acids is 1. The predicted molar refractivity (Wildman–Crippen MR) is 68.3 cm³/mol. The summed E-state index contributed by atoms with van der Waals surface area (Å²) in [4.78, 5) is 23.8. The minimum atomic E-state index is -1.10. The topological polar surface area (TPSA) is 105 Å². The fraction of sp³-hybridized carbons (Fsp3) is 0.333. The lowest BCUT2D eigenvalue weighted by Gasteiger charge is -2.14. The summed E-state index contributed by atoms with van der Waals surface area (Å²) in [5.41, 5.74) is 5.74. The number of carbonyl (C=O) groups excluding carboxylic acids is 1. The van der Waals surface area contributed by atoms with Crippen molar-refractivity contribution in [2.24, 2.45) is 0 Å². The van der Waals surface area contributed by atoms with Gasteiger partial charge in [-0.05, 0) is 18.2 Å². The Bertz CT molecular complexity index is 504. The standard InChI is InChI=1S/C12H15N3O4/c13-10-2-1-8(7-9(10)11(16)17)19-6-5-15-4-3-14-12(15)18/h1-2,7H,3-6,13H2,(H,14,18)(H,16,17). The second kappa shape index (κ2) is 5.47. The number of hydrogen-bond donors (Lipinski definition) is 3. The van der Waals surface area contributed by atoms with Crippen LogP contribution in [0, 0.1) is 0 Å². The van der Waals surface area contributed by atoms with E-state index in [0.717, 1.165) is 0 Å². The van der Waals surface area contributed by atoms with Gasteiger partial charge in [-0.3, -0.25) is 0 Å². The molecule has 4 N–H and O–H groups in total. The number of nitrogen functional groups attached to an aromatic ring is 1. The van der Waals surface area contributed by atoms with E-state index in [9.17, 15) is 9.59 Å². The Morgan fingerprint density at radius 3 is 2.95 bits per heavy atom. The molecule has 1 fully saturated rings. The van der Waals surface area contributed by atoms with Gasteiger partial charge in [0.05, 0.1) is 12.1 Å². The van der Waals surface area contributed by atoms with Gasteiger partial charge in [-0.2, -0.15) is 0 Å². The molecule has 1 aliphatic heterocycles. The molecule has 2 amide bonds. The molecule has 0 spiro atoms. The highest BCUT2D eigenvalue weighted by atomic mass is 16.5. The maximum absolute atomic E-state index is 11.3. The first-order chi connectivity index (χ1) is 9.08. The fourth-order valence-electron chi connectivity index (χ4n) is 1.81. The fourth-order valence-corrected chi connectivity index (χ4v) is 1.81. The quantitative estimate of drug-likeness (QED) is 0.667. The third-order valence-corrected chi connectivity index (χ3v) is 2.83. The molecule has 7 heteroatoms. The number of amides is 2. The Morgan fingerprint density at radius 1 is 1.53 bits per heavy atom. The van der Waals surface area contributed by atoms with E-state index < -0.39 is 5.97 Å². The highest BCUT2D eigenvalue weighted by molar-refractivity contribution is 5.94. The van der Waals surface area contributed by atoms with E-state index in [1.165, 1.54) is 12.1 Å². The largest absolute Gasteiger partial charge is 0.492 e. The zero-order valence-electron chi connectivity index (χ0n) is 10.3. The Labute approximate surface area is 109 Å². The third kappa shape index (κ3) is 3.06. The molecular formula is C12H15N3O4. The lowest BCUT2D eigenvalue weighted by atomic mass is 10.2. The van der Waals surface area contributed by atoms with Crippen molar-refractivity contribution in [3.05, 3.63) is 23.8 Å². The molecule has 1 saturated heterocycles. The summed E-state index contributed by atoms with van der Waals surface area (Å²) in [6, 6.07) is 4.36. The van der Waals surface area contributed by atoms with Crippen LogP contribution in [0.5, 0.6) is 5.75 Å². The Morgan fingerprint density at radius 2 is 2.32 bits per heavy atom. The van der Waals surface area contributed by atoms with Gasteiger partial charge in [0, 0.05) is 18.8 Å². The maximum Gasteiger partial charge on any atom is 0.337 e. The maximum atomic E-state index is 11.3. The Balaban J connectivity index is 1.91. The number of nitrogens with one attached hydrogen (secondary N) is 1. The average Bonchev–Trinajstić information content (AvgIpc) is 2.77. The molecule has 1 aromatic rings. The van der Waals surface area contributed by atoms with E-state index >= 15 is 0 Å². The molecule has 7 nitrogen and oxygen atoms in total. The minimum Gasteiger partial charge on any atom is -0.492 e. The normalized spacial score (nSPS) is 14.3. The molecule has 1 heterocycles. The summed E-state index contributed by atoms with van der Waals surface area (Å²) in [7, 11) is 0. The lowest BCUT2D eigenvalue weighted by Crippen LogP contribution is -2.31. The van der Waals surface area contributed by atoms with Crippen molar-refractivity contribution in [2.45, 2.75) is 0 Å². The number of benzene rings is 1. The van der Waals surface area contributed by atoms with Gasteiger partial charge in [0.1, 0.15) is 12.4 Å². The van der Waals surface area contributed by atoms with Crippen LogP contribution in [0.15, 0.2) is 18.2 Å². The minimum absolute atomic E-state index is 0.0106. The lowest BCUT2D eigenvalue weighted by molar-refractivity contribution is 0.0697. The van der Waals surface area contributed by atoms with Crippen molar-refractivity contribution in [3.63, 3.8) is 0 Å². The molecule has 0 aliphatic carbocycles. The Hall–Kier alpha value is -2.44. The van der Waals surface area contributed by atoms with Gasteiger partial charge in [-0.1, -0.05) is 0 Å². The highest BCUT2D eigenvalue weighted by Gasteiger charge is 2.18. The Kier molecular flexibility index (Phi) is 3.74. The number of carboxylic acids is 1. The molecule has 0 unspecified atom stereocenters. The summed E-state index contributed by atoms with van der Waals surface area (Å²) < 4.78 is 5.42. The van der Waals surface area contributed by atoms with Gasteiger partial charge < -0.3 is 25.8 Å². The van der Waals surface area contributed by atoms with Crippen LogP contribution in [0.25, 0.3) is 0 Å². The molecule has 19 heavy (non-hydrogen) atoms. The molecule has 0 saturated carbocycles. The smallest absolute Gasteiger partial charge is 0.337 e. The molecule has 0 radical (unpaired) electrons. The number of urea groups is 1. The number of ether oxygens (including phenoxy) is 1. The van der Waals surface area contributed by atoms with Gasteiger partial charge in [-0.15, -0.1) is 0 Å². The van der Waals surface area contributed by atoms with Crippen LogP contribution in [-0.2, 0) is 0 Å². The van der Waals surface area contributed by atoms with Gasteiger partial charge in [-0.25, -0.2) is 9.59 Å². The molecule has 102 valence electrons. The van der Waals surface area contributed by atoms with Crippen LogP contribution in [0.3, 0.4) is 0 Å². The van der Waals surface area contributed by atoms with E-state index in [1.807, 2.05) is 0 Å². The van der Waals surface area contributed by atoms with Gasteiger partial charge in [0.2, 0.25) is 0 Å². The SMILES string of the molecule is Nc1ccc(OCCN2CCNC2=O)cc1C(=O)O. The number of nitrogens with two attached hydrogens (primary N) is 1. The monoisotopic (exact) mass is 265 g/mol. The van der Waals surface area contributed by atoms with Crippen LogP contribution in [0.1, 0.15) is 10.4 Å². The predicted octanol–water partition coefficient (Wildman–Crippen LogP) is 0.371. The van der Waals surface area contributed by atoms with Crippen molar-refractivity contribution >= 4 is 17.7 Å². The van der Waals surface area contributed by atoms with Crippen LogP contribution < -0.4 is 15.8 Å². The van der Waals surface area contributed by atoms with Gasteiger partial charge in [0.25, 0.3) is 0 Å². The van der Waals surface area contributed by atoms with Crippen molar-refractivity contribution in [3.8, 4) is 5.75 Å². The number of anilines is 1. The average molecular weight is 265 g/mol. The van der Waals surface area contributed by atoms with E-state index in [-0.39, 0.29) is 17.3 Å². The molecule has 0 atom stereocenters. The van der Waals surface area contributed by atoms with Crippen LogP contribution in [-0.4, -0.2) is 48.2 Å². The summed E-state index contributed by atoms with van der Waals surface area (Å²) >= 11 is 0. The van der Waals surface area contributed by atoms with E-state index in [2.05, 4.69) is 5.32 Å². The second-order valence-corrected chi connectivity index (χ2v) is 4.12. The molecule has 1 aliphatic rings. The third-order valence-electron chi connectivity index (χ3n) is 2.83. The van der Waals surface area contributed by atoms with Crippen molar-refractivity contribution in [2.75, 3.05) is 32.0 Å². The molecule has 1 aromatic carbocycles. The summed E-state index contributed by atoms with van der Waals surface area (Å²) in [5, 5.41) is 11.6. The zero-order chi connectivity index (χ0) is 13.8. The number of carboxylic acid groups (broad SMARTS) is 1. The van der Waals surface area contributed by atoms with Gasteiger partial charge >= 0.3 is 12.0 Å². The number of nitrogens with zero attached hydrogens (tertiary/aromatic N) is 1. The summed E-state index contributed by atoms with van der Waals surface area (Å²) in [6.45, 7) is 2.06. The summed E-state index contributed by atoms with van der Waals surface area (Å²) in [6.07, 6.45) is 0. The van der Waals surface area contributed by atoms with E-state index in [4.69, 9.17) is 15.6 Å². The molecule has 0 bridgehead atoms. The molecule has 2 rings (SSSR count). The van der Waals surface area contributed by atoms with Crippen LogP contribution in [0.2, 0.25) is 0 Å². The van der Waals surface area contributed by atoms with E-state index in [0.29, 0.717) is 32.0 Å². The zero-order valence-corrected chi connectivity index (χ0v) is 10.3. The first kappa shape index (κ1) is 13.0. The highest BCUT2D eigenvalue weighted by Crippen LogP contribution is 2.19. The first-order valence-electron chi connectivity index (χ1n) is 5.86. The van der Waals surface area contributed by atoms with Crippen molar-refractivity contribution in [1.82, 2.24) is 10.2 Å². The second-order valence-electron chi connectivity index (χ2n) is 4.12. The van der Waals surface area contributed by atoms with Crippen LogP contribution >= 0.6 is 0 Å². The van der Waals surface area contributed by atoms with Crippen LogP contribution in [0.4, 0.5) is 10.5 Å². The summed E-state index contributed by atoms with van der Waals surface area (Å²) in [5.74, 6) is -0.673. The van der Waals surface area contributed by atoms with Crippen molar-refractivity contribution in [1.29, 1.82) is 0 Å². The number of carbonyl (C=O) groups is 2. The van der Waals surface area contributed by atoms with Crippen molar-refractivity contribution < 1.29 is 19.4 Å². The number of hydrogen-bond acceptors (Lipinski definition) is 4. The van der Waals surface area contributed by atoms with Gasteiger partial charge in [0.15, 0.2) is 0 Å².